The van der Waals surface area contributed by atoms with Gasteiger partial charge in [-0.1, -0.05) is 81.3 Å². The number of unbranched alkanes of at least 4 members (excludes halogenated alkanes) is 2. The molecule has 3 rings (SSSR count). The van der Waals surface area contributed by atoms with Crippen molar-refractivity contribution in [1.29, 1.82) is 0 Å². The summed E-state index contributed by atoms with van der Waals surface area (Å²) in [6.45, 7) is 10.0. The van der Waals surface area contributed by atoms with Crippen LogP contribution in [0.2, 0.25) is 0 Å². The molecule has 0 heterocycles. The first-order chi connectivity index (χ1) is 15.0. The summed E-state index contributed by atoms with van der Waals surface area (Å²) in [5.74, 6) is 0. The van der Waals surface area contributed by atoms with E-state index in [4.69, 9.17) is 10.8 Å². The van der Waals surface area contributed by atoms with Gasteiger partial charge in [-0.2, -0.15) is 0 Å². The zero-order chi connectivity index (χ0) is 22.6. The summed E-state index contributed by atoms with van der Waals surface area (Å²) in [5, 5.41) is 7.76. The van der Waals surface area contributed by atoms with Gasteiger partial charge in [-0.15, -0.1) is 6.58 Å². The van der Waals surface area contributed by atoms with Crippen molar-refractivity contribution in [2.45, 2.75) is 52.9 Å². The first-order valence-electron chi connectivity index (χ1n) is 11.3. The lowest BCUT2D eigenvalue weighted by molar-refractivity contribution is 0.343. The van der Waals surface area contributed by atoms with E-state index >= 15 is 0 Å². The van der Waals surface area contributed by atoms with Crippen molar-refractivity contribution in [2.75, 3.05) is 12.3 Å². The van der Waals surface area contributed by atoms with Gasteiger partial charge in [0.05, 0.1) is 6.61 Å². The van der Waals surface area contributed by atoms with Gasteiger partial charge < -0.3 is 10.8 Å². The highest BCUT2D eigenvalue weighted by Crippen LogP contribution is 2.31. The van der Waals surface area contributed by atoms with Crippen molar-refractivity contribution < 1.29 is 5.11 Å². The Morgan fingerprint density at radius 3 is 2.10 bits per heavy atom. The Labute approximate surface area is 188 Å². The number of aliphatic hydroxyl groups excluding tert-OH is 1. The van der Waals surface area contributed by atoms with Crippen molar-refractivity contribution in [2.24, 2.45) is 0 Å². The molecule has 0 aromatic heterocycles. The Bertz CT molecular complexity index is 957. The van der Waals surface area contributed by atoms with Gasteiger partial charge in [0.15, 0.2) is 0 Å². The van der Waals surface area contributed by atoms with Crippen molar-refractivity contribution in [1.82, 2.24) is 0 Å². The minimum absolute atomic E-state index is 0.0833. The van der Waals surface area contributed by atoms with Crippen molar-refractivity contribution in [3.8, 4) is 22.3 Å². The average molecular weight is 416 g/mol. The van der Waals surface area contributed by atoms with E-state index in [1.807, 2.05) is 12.1 Å². The van der Waals surface area contributed by atoms with Crippen LogP contribution in [0.3, 0.4) is 0 Å². The number of hydrogen-bond acceptors (Lipinski definition) is 2. The maximum absolute atomic E-state index is 7.76. The summed E-state index contributed by atoms with van der Waals surface area (Å²) in [4.78, 5) is 0. The molecule has 3 N–H and O–H groups in total. The minimum Gasteiger partial charge on any atom is -0.399 e. The van der Waals surface area contributed by atoms with Crippen LogP contribution in [-0.2, 0) is 12.8 Å². The molecular formula is C29H37NO. The lowest BCUT2D eigenvalue weighted by atomic mass is 9.91. The summed E-state index contributed by atoms with van der Waals surface area (Å²) >= 11 is 0. The Morgan fingerprint density at radius 2 is 1.52 bits per heavy atom. The van der Waals surface area contributed by atoms with Crippen LogP contribution in [0.5, 0.6) is 0 Å². The molecular weight excluding hydrogens is 378 g/mol. The molecule has 31 heavy (non-hydrogen) atoms. The molecule has 0 unspecified atom stereocenters. The van der Waals surface area contributed by atoms with Crippen LogP contribution in [0.4, 0.5) is 5.69 Å². The topological polar surface area (TPSA) is 46.2 Å². The van der Waals surface area contributed by atoms with E-state index in [9.17, 15) is 0 Å². The van der Waals surface area contributed by atoms with Gasteiger partial charge in [0.2, 0.25) is 0 Å². The Balaban J connectivity index is 0.000000785. The lowest BCUT2D eigenvalue weighted by Crippen LogP contribution is -1.94. The molecule has 0 bridgehead atoms. The third-order valence-corrected chi connectivity index (χ3v) is 5.51. The van der Waals surface area contributed by atoms with Crippen molar-refractivity contribution >= 4 is 5.69 Å². The molecule has 0 saturated heterocycles. The standard InChI is InChI=1S/C26H31N.C3H6O/c1-4-6-7-8-20-9-15-26(21(5-2)18-20)23-12-16-25(19(3)17-23)22-10-13-24(27)14-11-22;1-2-3-4/h9-18H,4-8,27H2,1-3H3;2,4H,1,3H2. The van der Waals surface area contributed by atoms with Gasteiger partial charge in [0, 0.05) is 5.69 Å². The number of aryl methyl sites for hydroxylation is 3. The molecule has 0 radical (unpaired) electrons. The van der Waals surface area contributed by atoms with Gasteiger partial charge in [0.1, 0.15) is 0 Å². The number of nitrogen functional groups attached to an aromatic ring is 1. The highest BCUT2D eigenvalue weighted by Gasteiger charge is 2.09. The van der Waals surface area contributed by atoms with Gasteiger partial charge in [0.25, 0.3) is 0 Å². The molecule has 2 heteroatoms. The summed E-state index contributed by atoms with van der Waals surface area (Å²) in [7, 11) is 0. The van der Waals surface area contributed by atoms with Gasteiger partial charge in [-0.3, -0.25) is 0 Å². The monoisotopic (exact) mass is 415 g/mol. The second-order valence-corrected chi connectivity index (χ2v) is 7.93. The molecule has 0 aliphatic heterocycles. The Hall–Kier alpha value is -2.84. The molecule has 3 aromatic carbocycles. The summed E-state index contributed by atoms with van der Waals surface area (Å²) in [6, 6.07) is 22.0. The third kappa shape index (κ3) is 7.11. The van der Waals surface area contributed by atoms with Crippen molar-refractivity contribution in [3.63, 3.8) is 0 Å². The molecule has 2 nitrogen and oxygen atoms in total. The summed E-state index contributed by atoms with van der Waals surface area (Å²) in [5.41, 5.74) is 16.0. The van der Waals surface area contributed by atoms with Gasteiger partial charge in [-0.25, -0.2) is 0 Å². The zero-order valence-corrected chi connectivity index (χ0v) is 19.3. The maximum atomic E-state index is 7.76. The van der Waals surface area contributed by atoms with Crippen LogP contribution < -0.4 is 5.73 Å². The van der Waals surface area contributed by atoms with Crippen LogP contribution >= 0.6 is 0 Å². The van der Waals surface area contributed by atoms with E-state index in [1.165, 1.54) is 70.7 Å². The highest BCUT2D eigenvalue weighted by molar-refractivity contribution is 5.75. The molecule has 0 amide bonds. The molecule has 164 valence electrons. The van der Waals surface area contributed by atoms with E-state index in [0.29, 0.717) is 0 Å². The largest absolute Gasteiger partial charge is 0.399 e. The van der Waals surface area contributed by atoms with E-state index in [2.05, 4.69) is 75.9 Å². The number of benzene rings is 3. The lowest BCUT2D eigenvalue weighted by Gasteiger charge is -2.14. The van der Waals surface area contributed by atoms with Crippen LogP contribution in [0, 0.1) is 6.92 Å². The average Bonchev–Trinajstić information content (AvgIpc) is 2.80. The van der Waals surface area contributed by atoms with Gasteiger partial charge >= 0.3 is 0 Å². The SMILES string of the molecule is C=CCO.CCCCCc1ccc(-c2ccc(-c3ccc(N)cc3)c(C)c2)c(CC)c1. The predicted octanol–water partition coefficient (Wildman–Crippen LogP) is 7.37. The molecule has 0 spiro atoms. The molecule has 3 aromatic rings. The summed E-state index contributed by atoms with van der Waals surface area (Å²) in [6.07, 6.45) is 7.56. The van der Waals surface area contributed by atoms with Crippen LogP contribution in [0.1, 0.15) is 49.8 Å². The number of anilines is 1. The highest BCUT2D eigenvalue weighted by atomic mass is 16.2. The molecule has 0 aliphatic rings. The number of rotatable bonds is 8. The first-order valence-corrected chi connectivity index (χ1v) is 11.3. The third-order valence-electron chi connectivity index (χ3n) is 5.51. The van der Waals surface area contributed by atoms with Gasteiger partial charge in [-0.05, 0) is 77.3 Å². The van der Waals surface area contributed by atoms with Crippen molar-refractivity contribution in [3.05, 3.63) is 90.0 Å². The number of aliphatic hydroxyl groups is 1. The molecule has 0 aliphatic carbocycles. The smallest absolute Gasteiger partial charge is 0.0609 e. The first kappa shape index (κ1) is 24.4. The minimum atomic E-state index is 0.0833. The molecule has 0 fully saturated rings. The zero-order valence-electron chi connectivity index (χ0n) is 19.3. The van der Waals surface area contributed by atoms with Crippen LogP contribution in [0.15, 0.2) is 73.3 Å². The van der Waals surface area contributed by atoms with E-state index < -0.39 is 0 Å². The number of nitrogens with two attached hydrogens (primary N) is 1. The fourth-order valence-electron chi connectivity index (χ4n) is 3.77. The quantitative estimate of drug-likeness (QED) is 0.229. The van der Waals surface area contributed by atoms with E-state index in [1.54, 1.807) is 0 Å². The fourth-order valence-corrected chi connectivity index (χ4v) is 3.77. The van der Waals surface area contributed by atoms with E-state index in [-0.39, 0.29) is 6.61 Å². The number of hydrogen-bond donors (Lipinski definition) is 2. The second kappa shape index (κ2) is 12.8. The maximum Gasteiger partial charge on any atom is 0.0609 e. The molecule has 0 saturated carbocycles. The second-order valence-electron chi connectivity index (χ2n) is 7.93. The summed E-state index contributed by atoms with van der Waals surface area (Å²) < 4.78 is 0. The van der Waals surface area contributed by atoms with E-state index in [0.717, 1.165) is 12.1 Å². The normalized spacial score (nSPS) is 10.3. The van der Waals surface area contributed by atoms with Crippen LogP contribution in [0.25, 0.3) is 22.3 Å². The fraction of sp³-hybridized carbons (Fsp3) is 0.310. The molecule has 0 atom stereocenters. The Kier molecular flexibility index (Phi) is 10.1. The Morgan fingerprint density at radius 1 is 0.871 bits per heavy atom. The predicted molar refractivity (Wildman–Crippen MR) is 136 cm³/mol. The van der Waals surface area contributed by atoms with Crippen LogP contribution in [-0.4, -0.2) is 11.7 Å².